The van der Waals surface area contributed by atoms with Gasteiger partial charge in [-0.3, -0.25) is 14.4 Å². The normalized spacial score (nSPS) is 10.3. The third kappa shape index (κ3) is 7.62. The number of benzene rings is 2. The van der Waals surface area contributed by atoms with Crippen molar-refractivity contribution >= 4 is 35.1 Å². The maximum Gasteiger partial charge on any atom is 0.316 e. The number of thioether (sulfide) groups is 1. The second-order valence-corrected chi connectivity index (χ2v) is 7.39. The summed E-state index contributed by atoms with van der Waals surface area (Å²) in [6, 6.07) is 12.4. The summed E-state index contributed by atoms with van der Waals surface area (Å²) in [6.45, 7) is 6.01. The fraction of sp³-hybridized carbons (Fsp3) is 0.318. The first-order valence-electron chi connectivity index (χ1n) is 9.25. The topological polar surface area (TPSA) is 81.7 Å². The van der Waals surface area contributed by atoms with E-state index in [0.29, 0.717) is 17.9 Å². The van der Waals surface area contributed by atoms with Crippen LogP contribution in [0.2, 0.25) is 0 Å². The molecular formula is C22H25NO5S. The minimum absolute atomic E-state index is 0.00312. The Morgan fingerprint density at radius 2 is 1.72 bits per heavy atom. The van der Waals surface area contributed by atoms with Gasteiger partial charge in [-0.25, -0.2) is 0 Å². The molecule has 154 valence electrons. The molecule has 0 radical (unpaired) electrons. The molecule has 0 heterocycles. The fourth-order valence-electron chi connectivity index (χ4n) is 2.54. The van der Waals surface area contributed by atoms with E-state index in [1.54, 1.807) is 24.3 Å². The Balaban J connectivity index is 1.68. The minimum Gasteiger partial charge on any atom is -0.494 e. The average Bonchev–Trinajstić information content (AvgIpc) is 2.69. The smallest absolute Gasteiger partial charge is 0.316 e. The molecule has 0 saturated carbocycles. The van der Waals surface area contributed by atoms with Gasteiger partial charge in [0.2, 0.25) is 5.91 Å². The van der Waals surface area contributed by atoms with E-state index in [9.17, 15) is 14.4 Å². The molecule has 2 aromatic carbocycles. The lowest BCUT2D eigenvalue weighted by molar-refractivity contribution is -0.139. The summed E-state index contributed by atoms with van der Waals surface area (Å²) in [5, 5.41) is 2.82. The molecule has 0 aromatic heterocycles. The van der Waals surface area contributed by atoms with E-state index in [4.69, 9.17) is 9.47 Å². The zero-order valence-corrected chi connectivity index (χ0v) is 17.6. The van der Waals surface area contributed by atoms with Crippen molar-refractivity contribution in [2.45, 2.75) is 20.8 Å². The Hall–Kier alpha value is -2.80. The molecule has 6 nitrogen and oxygen atoms in total. The lowest BCUT2D eigenvalue weighted by atomic mass is 10.1. The van der Waals surface area contributed by atoms with Crippen molar-refractivity contribution in [3.8, 4) is 5.75 Å². The number of Topliss-reactive ketones (excluding diaryl/α,β-unsaturated/α-hetero) is 1. The van der Waals surface area contributed by atoms with Crippen LogP contribution in [0.1, 0.15) is 28.4 Å². The summed E-state index contributed by atoms with van der Waals surface area (Å²) in [7, 11) is 0. The molecule has 2 rings (SSSR count). The molecule has 0 aliphatic carbocycles. The monoisotopic (exact) mass is 415 g/mol. The van der Waals surface area contributed by atoms with Gasteiger partial charge in [0, 0.05) is 11.3 Å². The molecule has 0 bridgehead atoms. The molecule has 0 aliphatic rings. The van der Waals surface area contributed by atoms with Gasteiger partial charge < -0.3 is 14.8 Å². The zero-order valence-electron chi connectivity index (χ0n) is 16.8. The Morgan fingerprint density at radius 1 is 1.00 bits per heavy atom. The molecule has 7 heteroatoms. The highest BCUT2D eigenvalue weighted by atomic mass is 32.2. The van der Waals surface area contributed by atoms with E-state index in [1.165, 1.54) is 0 Å². The average molecular weight is 416 g/mol. The second-order valence-electron chi connectivity index (χ2n) is 6.40. The van der Waals surface area contributed by atoms with Gasteiger partial charge in [0.15, 0.2) is 12.4 Å². The molecule has 0 atom stereocenters. The fourth-order valence-corrected chi connectivity index (χ4v) is 3.15. The number of carbonyl (C=O) groups excluding carboxylic acids is 3. The summed E-state index contributed by atoms with van der Waals surface area (Å²) in [5.41, 5.74) is 3.31. The Morgan fingerprint density at radius 3 is 2.38 bits per heavy atom. The molecule has 1 N–H and O–H groups in total. The van der Waals surface area contributed by atoms with Gasteiger partial charge in [-0.05, 0) is 56.7 Å². The molecule has 0 spiro atoms. The number of amides is 1. The standard InChI is InChI=1S/C22H25NO5S/c1-4-27-18-8-6-17(7-9-18)20(24)12-28-22(26)14-29-13-21(25)23-19-10-5-15(2)11-16(19)3/h5-11H,4,12-14H2,1-3H3,(H,23,25). The number of esters is 1. The van der Waals surface area contributed by atoms with Crippen LogP contribution in [0, 0.1) is 13.8 Å². The van der Waals surface area contributed by atoms with Crippen LogP contribution in [0.25, 0.3) is 0 Å². The van der Waals surface area contributed by atoms with Crippen molar-refractivity contribution in [1.29, 1.82) is 0 Å². The zero-order chi connectivity index (χ0) is 21.2. The maximum absolute atomic E-state index is 12.1. The molecule has 0 aliphatic heterocycles. The van der Waals surface area contributed by atoms with E-state index in [-0.39, 0.29) is 29.8 Å². The predicted octanol–water partition coefficient (Wildman–Crippen LogP) is 3.80. The van der Waals surface area contributed by atoms with Crippen molar-refractivity contribution in [3.63, 3.8) is 0 Å². The minimum atomic E-state index is -0.534. The number of ether oxygens (including phenoxy) is 2. The highest BCUT2D eigenvalue weighted by molar-refractivity contribution is 8.00. The van der Waals surface area contributed by atoms with Crippen LogP contribution < -0.4 is 10.1 Å². The molecule has 0 fully saturated rings. The first-order valence-corrected chi connectivity index (χ1v) is 10.4. The van der Waals surface area contributed by atoms with Gasteiger partial charge in [0.1, 0.15) is 5.75 Å². The van der Waals surface area contributed by atoms with Crippen molar-refractivity contribution < 1.29 is 23.9 Å². The number of aryl methyl sites for hydroxylation is 2. The number of anilines is 1. The van der Waals surface area contributed by atoms with Gasteiger partial charge in [0.25, 0.3) is 0 Å². The number of carbonyl (C=O) groups is 3. The Kier molecular flexibility index (Phi) is 8.73. The highest BCUT2D eigenvalue weighted by Crippen LogP contribution is 2.16. The highest BCUT2D eigenvalue weighted by Gasteiger charge is 2.12. The lowest BCUT2D eigenvalue weighted by Gasteiger charge is -2.09. The molecule has 29 heavy (non-hydrogen) atoms. The molecule has 0 saturated heterocycles. The van der Waals surface area contributed by atoms with Crippen molar-refractivity contribution in [3.05, 3.63) is 59.2 Å². The largest absolute Gasteiger partial charge is 0.494 e. The molecule has 2 aromatic rings. The van der Waals surface area contributed by atoms with Crippen LogP contribution in [0.4, 0.5) is 5.69 Å². The van der Waals surface area contributed by atoms with Gasteiger partial charge in [-0.1, -0.05) is 17.7 Å². The van der Waals surface area contributed by atoms with Crippen LogP contribution in [0.5, 0.6) is 5.75 Å². The lowest BCUT2D eigenvalue weighted by Crippen LogP contribution is -2.18. The van der Waals surface area contributed by atoms with Gasteiger partial charge in [-0.2, -0.15) is 0 Å². The molecular weight excluding hydrogens is 390 g/mol. The number of rotatable bonds is 10. The number of ketones is 1. The SMILES string of the molecule is CCOc1ccc(C(=O)COC(=O)CSCC(=O)Nc2ccc(C)cc2C)cc1. The van der Waals surface area contributed by atoms with Gasteiger partial charge in [0.05, 0.1) is 18.1 Å². The van der Waals surface area contributed by atoms with Crippen LogP contribution in [0.15, 0.2) is 42.5 Å². The summed E-state index contributed by atoms with van der Waals surface area (Å²) in [4.78, 5) is 35.9. The second kappa shape index (κ2) is 11.3. The molecule has 1 amide bonds. The van der Waals surface area contributed by atoms with Crippen molar-refractivity contribution in [2.75, 3.05) is 30.0 Å². The van der Waals surface area contributed by atoms with Crippen molar-refractivity contribution in [1.82, 2.24) is 0 Å². The maximum atomic E-state index is 12.1. The van der Waals surface area contributed by atoms with Gasteiger partial charge in [-0.15, -0.1) is 11.8 Å². The number of hydrogen-bond donors (Lipinski definition) is 1. The van der Waals surface area contributed by atoms with E-state index in [0.717, 1.165) is 28.6 Å². The van der Waals surface area contributed by atoms with E-state index >= 15 is 0 Å². The predicted molar refractivity (Wildman–Crippen MR) is 115 cm³/mol. The Bertz CT molecular complexity index is 864. The summed E-state index contributed by atoms with van der Waals surface area (Å²) >= 11 is 1.14. The Labute approximate surface area is 175 Å². The first kappa shape index (κ1) is 22.5. The molecule has 0 unspecified atom stereocenters. The third-order valence-corrected chi connectivity index (χ3v) is 4.87. The van der Waals surface area contributed by atoms with E-state index in [1.807, 2.05) is 39.0 Å². The van der Waals surface area contributed by atoms with Crippen LogP contribution in [-0.4, -0.2) is 42.4 Å². The first-order chi connectivity index (χ1) is 13.9. The number of nitrogens with one attached hydrogen (secondary N) is 1. The van der Waals surface area contributed by atoms with Crippen molar-refractivity contribution in [2.24, 2.45) is 0 Å². The summed E-state index contributed by atoms with van der Waals surface area (Å²) in [6.07, 6.45) is 0. The summed E-state index contributed by atoms with van der Waals surface area (Å²) in [5.74, 6) is -0.226. The third-order valence-electron chi connectivity index (χ3n) is 3.96. The summed E-state index contributed by atoms with van der Waals surface area (Å²) < 4.78 is 10.3. The number of hydrogen-bond acceptors (Lipinski definition) is 6. The van der Waals surface area contributed by atoms with Gasteiger partial charge >= 0.3 is 5.97 Å². The quantitative estimate of drug-likeness (QED) is 0.470. The van der Waals surface area contributed by atoms with Crippen LogP contribution >= 0.6 is 11.8 Å². The van der Waals surface area contributed by atoms with Crippen LogP contribution in [-0.2, 0) is 14.3 Å². The van der Waals surface area contributed by atoms with E-state index < -0.39 is 5.97 Å². The van der Waals surface area contributed by atoms with Crippen LogP contribution in [0.3, 0.4) is 0 Å². The van der Waals surface area contributed by atoms with E-state index in [2.05, 4.69) is 5.32 Å².